The van der Waals surface area contributed by atoms with Gasteiger partial charge >= 0.3 is 0 Å². The van der Waals surface area contributed by atoms with Crippen LogP contribution in [0.25, 0.3) is 53.2 Å². The van der Waals surface area contributed by atoms with E-state index in [0.29, 0.717) is 0 Å². The maximum Gasteiger partial charge on any atom is 0.0468 e. The third kappa shape index (κ3) is 4.13. The Labute approximate surface area is 267 Å². The molecule has 0 unspecified atom stereocenters. The maximum atomic E-state index is 2.44. The van der Waals surface area contributed by atoms with Crippen LogP contribution in [0.2, 0.25) is 0 Å². The van der Waals surface area contributed by atoms with Crippen molar-refractivity contribution in [1.82, 2.24) is 0 Å². The van der Waals surface area contributed by atoms with E-state index < -0.39 is 0 Å². The van der Waals surface area contributed by atoms with Crippen molar-refractivity contribution < 1.29 is 0 Å². The predicted octanol–water partition coefficient (Wildman–Crippen LogP) is 12.7. The molecule has 0 bridgehead atoms. The molecule has 1 aliphatic carbocycles. The zero-order valence-electron chi connectivity index (χ0n) is 25.3. The van der Waals surface area contributed by atoms with E-state index in [0.717, 1.165) is 17.1 Å². The van der Waals surface area contributed by atoms with Crippen LogP contribution in [0.5, 0.6) is 0 Å². The highest BCUT2D eigenvalue weighted by Gasteiger charge is 2.38. The monoisotopic (exact) mass is 593 g/mol. The van der Waals surface area contributed by atoms with Gasteiger partial charge in [-0.1, -0.05) is 117 Å². The van der Waals surface area contributed by atoms with Crippen LogP contribution in [0.15, 0.2) is 152 Å². The van der Waals surface area contributed by atoms with E-state index in [9.17, 15) is 0 Å². The summed E-state index contributed by atoms with van der Waals surface area (Å²) < 4.78 is 1.38. The van der Waals surface area contributed by atoms with Gasteiger partial charge in [-0.15, -0.1) is 11.3 Å². The largest absolute Gasteiger partial charge is 0.310 e. The Hall–Kier alpha value is -5.18. The third-order valence-electron chi connectivity index (χ3n) is 9.58. The smallest absolute Gasteiger partial charge is 0.0468 e. The fraction of sp³-hybridized carbons (Fsp3) is 0.0698. The number of hydrogen-bond donors (Lipinski definition) is 0. The lowest BCUT2D eigenvalue weighted by atomic mass is 9.80. The second-order valence-corrected chi connectivity index (χ2v) is 13.7. The van der Waals surface area contributed by atoms with Crippen molar-refractivity contribution in [1.29, 1.82) is 0 Å². The number of benzene rings is 7. The third-order valence-corrected chi connectivity index (χ3v) is 10.8. The summed E-state index contributed by atoms with van der Waals surface area (Å²) >= 11 is 1.93. The number of nitrogens with zero attached hydrogens (tertiary/aromatic N) is 1. The second kappa shape index (κ2) is 9.92. The van der Waals surface area contributed by atoms with Gasteiger partial charge in [0, 0.05) is 32.1 Å². The zero-order valence-corrected chi connectivity index (χ0v) is 26.1. The molecule has 7 aromatic carbocycles. The molecular weight excluding hydrogens is 563 g/mol. The molecule has 0 aliphatic heterocycles. The molecule has 0 N–H and O–H groups in total. The molecule has 0 radical (unpaired) electrons. The minimum Gasteiger partial charge on any atom is -0.310 e. The summed E-state index contributed by atoms with van der Waals surface area (Å²) in [4.78, 5) is 3.82. The van der Waals surface area contributed by atoms with Crippen LogP contribution in [-0.2, 0) is 5.41 Å². The lowest BCUT2D eigenvalue weighted by Gasteiger charge is -2.27. The quantitative estimate of drug-likeness (QED) is 0.196. The van der Waals surface area contributed by atoms with Crippen LogP contribution in [-0.4, -0.2) is 0 Å². The highest BCUT2D eigenvalue weighted by molar-refractivity contribution is 7.22. The number of anilines is 3. The first-order valence-electron chi connectivity index (χ1n) is 15.6. The minimum atomic E-state index is -0.0554. The van der Waals surface area contributed by atoms with Gasteiger partial charge in [-0.2, -0.15) is 0 Å². The summed E-state index contributed by atoms with van der Waals surface area (Å²) in [5, 5.41) is 6.35. The van der Waals surface area contributed by atoms with Gasteiger partial charge in [-0.3, -0.25) is 0 Å². The van der Waals surface area contributed by atoms with Crippen LogP contribution in [0.4, 0.5) is 17.1 Å². The van der Waals surface area contributed by atoms with Gasteiger partial charge in [-0.25, -0.2) is 0 Å². The summed E-state index contributed by atoms with van der Waals surface area (Å²) in [6.07, 6.45) is 0. The Morgan fingerprint density at radius 2 is 1.09 bits per heavy atom. The van der Waals surface area contributed by atoms with E-state index in [1.54, 1.807) is 0 Å². The molecule has 0 saturated carbocycles. The Kier molecular flexibility index (Phi) is 5.78. The van der Waals surface area contributed by atoms with E-state index in [2.05, 4.69) is 170 Å². The molecule has 1 aliphatic rings. The molecule has 1 nitrogen and oxygen atoms in total. The molecule has 1 heterocycles. The Morgan fingerprint density at radius 3 is 1.80 bits per heavy atom. The summed E-state index contributed by atoms with van der Waals surface area (Å²) in [7, 11) is 0. The Morgan fingerprint density at radius 1 is 0.489 bits per heavy atom. The van der Waals surface area contributed by atoms with Gasteiger partial charge in [0.2, 0.25) is 0 Å². The lowest BCUT2D eigenvalue weighted by Crippen LogP contribution is -2.15. The first-order chi connectivity index (χ1) is 22.0. The average Bonchev–Trinajstić information content (AvgIpc) is 3.58. The van der Waals surface area contributed by atoms with E-state index in [4.69, 9.17) is 0 Å². The van der Waals surface area contributed by atoms with Crippen LogP contribution >= 0.6 is 11.3 Å². The highest BCUT2D eigenvalue weighted by atomic mass is 32.1. The SMILES string of the molecule is CC1(C)c2cc(-c3cccc(N(c4ccc5ccccc5c4)c4ccc5ccccc5c4)c3)ccc2-c2sc3ccccc3c21. The highest BCUT2D eigenvalue weighted by Crippen LogP contribution is 2.56. The number of fused-ring (bicyclic) bond motifs is 7. The summed E-state index contributed by atoms with van der Waals surface area (Å²) in [6.45, 7) is 4.77. The van der Waals surface area contributed by atoms with Crippen molar-refractivity contribution in [3.05, 3.63) is 163 Å². The van der Waals surface area contributed by atoms with Crippen molar-refractivity contribution in [3.63, 3.8) is 0 Å². The Bertz CT molecular complexity index is 2350. The maximum absolute atomic E-state index is 2.44. The van der Waals surface area contributed by atoms with Crippen molar-refractivity contribution in [2.45, 2.75) is 19.3 Å². The predicted molar refractivity (Wildman–Crippen MR) is 195 cm³/mol. The fourth-order valence-corrected chi connectivity index (χ4v) is 8.73. The molecule has 0 spiro atoms. The number of thiophene rings is 1. The first kappa shape index (κ1) is 26.2. The molecule has 0 fully saturated rings. The van der Waals surface area contributed by atoms with Gasteiger partial charge in [0.25, 0.3) is 0 Å². The fourth-order valence-electron chi connectivity index (χ4n) is 7.33. The molecule has 8 aromatic rings. The van der Waals surface area contributed by atoms with Crippen molar-refractivity contribution in [2.24, 2.45) is 0 Å². The van der Waals surface area contributed by atoms with E-state index in [1.165, 1.54) is 64.3 Å². The molecule has 9 rings (SSSR count). The van der Waals surface area contributed by atoms with Gasteiger partial charge in [0.15, 0.2) is 0 Å². The Balaban J connectivity index is 1.18. The number of hydrogen-bond acceptors (Lipinski definition) is 2. The van der Waals surface area contributed by atoms with E-state index in [-0.39, 0.29) is 5.41 Å². The molecular formula is C43H31NS. The van der Waals surface area contributed by atoms with Crippen LogP contribution in [0.3, 0.4) is 0 Å². The van der Waals surface area contributed by atoms with E-state index >= 15 is 0 Å². The zero-order chi connectivity index (χ0) is 30.1. The molecule has 45 heavy (non-hydrogen) atoms. The van der Waals surface area contributed by atoms with Crippen LogP contribution < -0.4 is 4.90 Å². The average molecular weight is 594 g/mol. The van der Waals surface area contributed by atoms with Crippen molar-refractivity contribution in [2.75, 3.05) is 4.90 Å². The summed E-state index contributed by atoms with van der Waals surface area (Å²) in [5.74, 6) is 0. The minimum absolute atomic E-state index is 0.0554. The van der Waals surface area contributed by atoms with Crippen LogP contribution in [0.1, 0.15) is 25.0 Å². The van der Waals surface area contributed by atoms with Crippen molar-refractivity contribution in [3.8, 4) is 21.6 Å². The number of rotatable bonds is 4. The van der Waals surface area contributed by atoms with Gasteiger partial charge in [0.1, 0.15) is 0 Å². The molecule has 0 atom stereocenters. The summed E-state index contributed by atoms with van der Waals surface area (Å²) in [6, 6.07) is 55.7. The first-order valence-corrected chi connectivity index (χ1v) is 16.4. The van der Waals surface area contributed by atoms with E-state index in [1.807, 2.05) is 11.3 Å². The molecule has 0 amide bonds. The second-order valence-electron chi connectivity index (χ2n) is 12.6. The molecule has 1 aromatic heterocycles. The topological polar surface area (TPSA) is 3.24 Å². The molecule has 2 heteroatoms. The van der Waals surface area contributed by atoms with Gasteiger partial charge in [0.05, 0.1) is 0 Å². The van der Waals surface area contributed by atoms with Gasteiger partial charge < -0.3 is 4.90 Å². The lowest BCUT2D eigenvalue weighted by molar-refractivity contribution is 0.667. The normalized spacial score (nSPS) is 13.3. The summed E-state index contributed by atoms with van der Waals surface area (Å²) in [5.41, 5.74) is 10.1. The van der Waals surface area contributed by atoms with Crippen molar-refractivity contribution >= 4 is 60.0 Å². The molecule has 0 saturated heterocycles. The molecule has 214 valence electrons. The standard InChI is InChI=1S/C43H31NS/c1-43(2)39-27-33(20-23-37(39)42-41(43)38-16-7-8-17-40(38)45-42)32-14-9-15-34(26-32)44(35-21-18-28-10-3-5-12-30(28)24-35)36-22-19-29-11-4-6-13-31(29)25-36/h3-27H,1-2H3. The van der Waals surface area contributed by atoms with Gasteiger partial charge in [-0.05, 0) is 103 Å². The van der Waals surface area contributed by atoms with Crippen LogP contribution in [0, 0.1) is 0 Å².